The van der Waals surface area contributed by atoms with Gasteiger partial charge in [-0.3, -0.25) is 4.79 Å². The molecule has 0 aliphatic heterocycles. The monoisotopic (exact) mass is 508 g/mol. The van der Waals surface area contributed by atoms with E-state index < -0.39 is 33.4 Å². The van der Waals surface area contributed by atoms with Gasteiger partial charge in [0, 0.05) is 17.6 Å². The van der Waals surface area contributed by atoms with Gasteiger partial charge in [-0.25, -0.2) is 9.00 Å². The molecule has 0 fully saturated rings. The van der Waals surface area contributed by atoms with Gasteiger partial charge in [0.25, 0.3) is 5.91 Å². The number of nitrogens with one attached hydrogen (secondary N) is 1. The predicted molar refractivity (Wildman–Crippen MR) is 142 cm³/mol. The predicted octanol–water partition coefficient (Wildman–Crippen LogP) is 5.48. The van der Waals surface area contributed by atoms with Crippen molar-refractivity contribution in [3.63, 3.8) is 0 Å². The molecule has 0 unspecified atom stereocenters. The van der Waals surface area contributed by atoms with Crippen LogP contribution in [-0.4, -0.2) is 41.2 Å². The van der Waals surface area contributed by atoms with Gasteiger partial charge in [-0.2, -0.15) is 4.36 Å². The fourth-order valence-electron chi connectivity index (χ4n) is 3.47. The van der Waals surface area contributed by atoms with Crippen molar-refractivity contribution in [2.24, 2.45) is 4.36 Å². The molecule has 3 rings (SSSR count). The zero-order chi connectivity index (χ0) is 26.3. The molecule has 36 heavy (non-hydrogen) atoms. The Morgan fingerprint density at radius 1 is 0.917 bits per heavy atom. The molecule has 0 aromatic heterocycles. The second-order valence-electron chi connectivity index (χ2n) is 9.37. The third-order valence-corrected chi connectivity index (χ3v) is 6.93. The summed E-state index contributed by atoms with van der Waals surface area (Å²) in [6.45, 7) is 5.21. The maximum Gasteiger partial charge on any atom is 0.408 e. The molecule has 0 aliphatic carbocycles. The maximum atomic E-state index is 13.5. The minimum Gasteiger partial charge on any atom is -0.497 e. The molecule has 3 aromatic carbocycles. The van der Waals surface area contributed by atoms with E-state index in [1.54, 1.807) is 40.0 Å². The van der Waals surface area contributed by atoms with Crippen LogP contribution >= 0.6 is 0 Å². The Bertz CT molecular complexity index is 1300. The third kappa shape index (κ3) is 7.68. The molecule has 190 valence electrons. The molecule has 0 radical (unpaired) electrons. The van der Waals surface area contributed by atoms with Crippen LogP contribution in [0.3, 0.4) is 0 Å². The van der Waals surface area contributed by atoms with Crippen molar-refractivity contribution >= 4 is 21.7 Å². The largest absolute Gasteiger partial charge is 0.497 e. The summed E-state index contributed by atoms with van der Waals surface area (Å²) in [6.07, 6.45) is 0.868. The molecule has 2 atom stereocenters. The number of rotatable bonds is 7. The lowest BCUT2D eigenvalue weighted by atomic mass is 10.1. The Morgan fingerprint density at radius 3 is 2.00 bits per heavy atom. The van der Waals surface area contributed by atoms with Crippen LogP contribution in [-0.2, 0) is 25.7 Å². The molecule has 0 bridgehead atoms. The number of alkyl carbamates (subject to hydrolysis) is 1. The molecule has 0 saturated carbocycles. The van der Waals surface area contributed by atoms with Crippen LogP contribution in [0.15, 0.2) is 88.1 Å². The van der Waals surface area contributed by atoms with Crippen molar-refractivity contribution in [3.05, 3.63) is 84.4 Å². The first-order valence-electron chi connectivity index (χ1n) is 11.5. The number of nitrogens with zero attached hydrogens (tertiary/aromatic N) is 1. The summed E-state index contributed by atoms with van der Waals surface area (Å²) in [6, 6.07) is 22.9. The van der Waals surface area contributed by atoms with Gasteiger partial charge in [-0.1, -0.05) is 54.6 Å². The van der Waals surface area contributed by atoms with Crippen LogP contribution in [0.1, 0.15) is 26.3 Å². The SMILES string of the molecule is COc1ccc(-c2ccc([S@](C)(=O)=NC(=O)[C@H](Cc3ccccc3)NC(=O)OC(C)(C)C)cc2)cc1. The van der Waals surface area contributed by atoms with Gasteiger partial charge in [0.15, 0.2) is 0 Å². The van der Waals surface area contributed by atoms with Crippen molar-refractivity contribution < 1.29 is 23.3 Å². The van der Waals surface area contributed by atoms with E-state index in [1.165, 1.54) is 6.26 Å². The number of carbonyl (C=O) groups excluding carboxylic acids is 2. The van der Waals surface area contributed by atoms with Crippen LogP contribution < -0.4 is 10.1 Å². The number of hydrogen-bond acceptors (Lipinski definition) is 5. The highest BCUT2D eigenvalue weighted by molar-refractivity contribution is 7.93. The molecule has 0 aliphatic rings. The molecule has 0 saturated heterocycles. The van der Waals surface area contributed by atoms with Crippen molar-refractivity contribution in [3.8, 4) is 16.9 Å². The second-order valence-corrected chi connectivity index (χ2v) is 11.6. The summed E-state index contributed by atoms with van der Waals surface area (Å²) >= 11 is 0. The highest BCUT2D eigenvalue weighted by Gasteiger charge is 2.26. The Hall–Kier alpha value is -3.65. The lowest BCUT2D eigenvalue weighted by Gasteiger charge is -2.22. The Morgan fingerprint density at radius 2 is 1.47 bits per heavy atom. The minimum absolute atomic E-state index is 0.189. The number of amides is 2. The van der Waals surface area contributed by atoms with Crippen molar-refractivity contribution in [1.82, 2.24) is 5.32 Å². The van der Waals surface area contributed by atoms with Gasteiger partial charge < -0.3 is 14.8 Å². The minimum atomic E-state index is -3.06. The molecular weight excluding hydrogens is 476 g/mol. The summed E-state index contributed by atoms with van der Waals surface area (Å²) in [5.41, 5.74) is 2.00. The number of benzene rings is 3. The zero-order valence-corrected chi connectivity index (χ0v) is 22.0. The van der Waals surface area contributed by atoms with E-state index in [0.29, 0.717) is 4.90 Å². The summed E-state index contributed by atoms with van der Waals surface area (Å²) < 4.78 is 28.0. The molecule has 0 spiro atoms. The fourth-order valence-corrected chi connectivity index (χ4v) is 4.69. The first kappa shape index (κ1) is 26.9. The number of carbonyl (C=O) groups is 2. The molecule has 1 N–H and O–H groups in total. The van der Waals surface area contributed by atoms with E-state index in [9.17, 15) is 13.8 Å². The van der Waals surface area contributed by atoms with Gasteiger partial charge in [-0.15, -0.1) is 0 Å². The number of methoxy groups -OCH3 is 1. The van der Waals surface area contributed by atoms with Crippen LogP contribution in [0.5, 0.6) is 5.75 Å². The quantitative estimate of drug-likeness (QED) is 0.456. The molecule has 3 aromatic rings. The van der Waals surface area contributed by atoms with Crippen LogP contribution in [0.2, 0.25) is 0 Å². The van der Waals surface area contributed by atoms with Crippen LogP contribution in [0.25, 0.3) is 11.1 Å². The molecule has 7 nitrogen and oxygen atoms in total. The Kier molecular flexibility index (Phi) is 8.53. The molecule has 0 heterocycles. The lowest BCUT2D eigenvalue weighted by molar-refractivity contribution is -0.119. The normalized spacial score (nSPS) is 13.7. The van der Waals surface area contributed by atoms with E-state index in [2.05, 4.69) is 9.68 Å². The van der Waals surface area contributed by atoms with Crippen molar-refractivity contribution in [2.45, 2.75) is 43.7 Å². The summed E-state index contributed by atoms with van der Waals surface area (Å²) in [4.78, 5) is 26.0. The number of hydrogen-bond donors (Lipinski definition) is 1. The third-order valence-electron chi connectivity index (χ3n) is 5.25. The first-order valence-corrected chi connectivity index (χ1v) is 13.4. The second kappa shape index (κ2) is 11.4. The summed E-state index contributed by atoms with van der Waals surface area (Å²) in [7, 11) is -1.45. The fraction of sp³-hybridized carbons (Fsp3) is 0.286. The van der Waals surface area contributed by atoms with Crippen molar-refractivity contribution in [1.29, 1.82) is 0 Å². The number of ether oxygens (including phenoxy) is 2. The zero-order valence-electron chi connectivity index (χ0n) is 21.2. The van der Waals surface area contributed by atoms with E-state index in [4.69, 9.17) is 9.47 Å². The average Bonchev–Trinajstić information content (AvgIpc) is 2.83. The average molecular weight is 509 g/mol. The maximum absolute atomic E-state index is 13.5. The summed E-state index contributed by atoms with van der Waals surface area (Å²) in [5.74, 6) is 0.0748. The Balaban J connectivity index is 1.84. The lowest BCUT2D eigenvalue weighted by Crippen LogP contribution is -2.44. The molecule has 8 heteroatoms. The summed E-state index contributed by atoms with van der Waals surface area (Å²) in [5, 5.41) is 2.60. The van der Waals surface area contributed by atoms with E-state index in [1.807, 2.05) is 66.7 Å². The topological polar surface area (TPSA) is 94.1 Å². The standard InChI is InChI=1S/C28H32N2O5S/c1-28(2,3)35-27(32)29-25(19-20-9-7-6-8-10-20)26(31)30-36(5,33)24-17-13-22(14-18-24)21-11-15-23(34-4)16-12-21/h6-18,25H,19H2,1-5H3,(H,29,32)/t25-,36-/m0/s1. The van der Waals surface area contributed by atoms with E-state index >= 15 is 0 Å². The molecular formula is C28H32N2O5S. The van der Waals surface area contributed by atoms with Gasteiger partial charge in [0.2, 0.25) is 0 Å². The Labute approximate surface area is 213 Å². The molecule has 2 amide bonds. The highest BCUT2D eigenvalue weighted by Crippen LogP contribution is 2.24. The highest BCUT2D eigenvalue weighted by atomic mass is 32.2. The van der Waals surface area contributed by atoms with E-state index in [0.717, 1.165) is 22.4 Å². The van der Waals surface area contributed by atoms with Gasteiger partial charge in [0.05, 0.1) is 16.8 Å². The van der Waals surface area contributed by atoms with Gasteiger partial charge in [-0.05, 0) is 61.7 Å². The van der Waals surface area contributed by atoms with Crippen molar-refractivity contribution in [2.75, 3.05) is 13.4 Å². The van der Waals surface area contributed by atoms with E-state index in [-0.39, 0.29) is 6.42 Å². The smallest absolute Gasteiger partial charge is 0.408 e. The van der Waals surface area contributed by atoms with Gasteiger partial charge in [0.1, 0.15) is 17.4 Å². The first-order chi connectivity index (χ1) is 17.0. The van der Waals surface area contributed by atoms with Gasteiger partial charge >= 0.3 is 6.09 Å². The van der Waals surface area contributed by atoms with Crippen LogP contribution in [0, 0.1) is 0 Å². The van der Waals surface area contributed by atoms with Crippen LogP contribution in [0.4, 0.5) is 4.79 Å².